The molecule has 0 bridgehead atoms. The molecule has 1 aromatic heterocycles. The molecule has 0 aliphatic carbocycles. The van der Waals surface area contributed by atoms with Gasteiger partial charge in [0, 0.05) is 7.05 Å². The molecule has 1 unspecified atom stereocenters. The summed E-state index contributed by atoms with van der Waals surface area (Å²) >= 11 is 1.40. The van der Waals surface area contributed by atoms with Crippen LogP contribution in [0.3, 0.4) is 0 Å². The van der Waals surface area contributed by atoms with Crippen molar-refractivity contribution in [3.8, 4) is 0 Å². The van der Waals surface area contributed by atoms with Crippen LogP contribution in [0.15, 0.2) is 5.16 Å². The summed E-state index contributed by atoms with van der Waals surface area (Å²) in [4.78, 5) is 11.6. The lowest BCUT2D eigenvalue weighted by Crippen LogP contribution is -2.20. The van der Waals surface area contributed by atoms with Crippen molar-refractivity contribution < 1.29 is 9.53 Å². The summed E-state index contributed by atoms with van der Waals surface area (Å²) < 4.78 is 6.86. The van der Waals surface area contributed by atoms with Crippen molar-refractivity contribution in [2.75, 3.05) is 6.61 Å². The van der Waals surface area contributed by atoms with E-state index in [1.807, 2.05) is 32.4 Å². The first-order valence-corrected chi connectivity index (χ1v) is 6.17. The van der Waals surface area contributed by atoms with Crippen LogP contribution in [-0.4, -0.2) is 32.6 Å². The number of aryl methyl sites for hydroxylation is 1. The average Bonchev–Trinajstić information content (AvgIpc) is 2.57. The lowest BCUT2D eigenvalue weighted by atomic mass is 10.3. The van der Waals surface area contributed by atoms with Crippen molar-refractivity contribution >= 4 is 17.7 Å². The standard InChI is InChI=1S/C10H17N3O2S/c1-5-8(9(14)15-6-2)16-10-12-11-7(3)13(10)4/h8H,5-6H2,1-4H3. The Labute approximate surface area is 99.6 Å². The van der Waals surface area contributed by atoms with Gasteiger partial charge in [-0.3, -0.25) is 4.79 Å². The third kappa shape index (κ3) is 2.98. The van der Waals surface area contributed by atoms with Gasteiger partial charge in [-0.15, -0.1) is 10.2 Å². The molecule has 0 N–H and O–H groups in total. The zero-order valence-corrected chi connectivity index (χ0v) is 10.9. The van der Waals surface area contributed by atoms with Crippen LogP contribution >= 0.6 is 11.8 Å². The summed E-state index contributed by atoms with van der Waals surface area (Å²) in [5.74, 6) is 0.650. The molecular weight excluding hydrogens is 226 g/mol. The molecule has 16 heavy (non-hydrogen) atoms. The third-order valence-electron chi connectivity index (χ3n) is 2.22. The first kappa shape index (κ1) is 13.0. The molecule has 1 heterocycles. The minimum Gasteiger partial charge on any atom is -0.465 e. The van der Waals surface area contributed by atoms with Crippen LogP contribution in [-0.2, 0) is 16.6 Å². The fourth-order valence-electron chi connectivity index (χ4n) is 1.15. The van der Waals surface area contributed by atoms with Crippen LogP contribution in [0.4, 0.5) is 0 Å². The number of nitrogens with zero attached hydrogens (tertiary/aromatic N) is 3. The molecule has 0 spiro atoms. The summed E-state index contributed by atoms with van der Waals surface area (Å²) in [6.45, 7) is 6.05. The number of aromatic nitrogens is 3. The number of hydrogen-bond acceptors (Lipinski definition) is 5. The maximum atomic E-state index is 11.6. The third-order valence-corrected chi connectivity index (χ3v) is 3.60. The maximum absolute atomic E-state index is 11.6. The molecule has 1 aromatic rings. The van der Waals surface area contributed by atoms with Crippen molar-refractivity contribution in [1.29, 1.82) is 0 Å². The highest BCUT2D eigenvalue weighted by Crippen LogP contribution is 2.24. The van der Waals surface area contributed by atoms with Crippen LogP contribution in [0.2, 0.25) is 0 Å². The maximum Gasteiger partial charge on any atom is 0.319 e. The van der Waals surface area contributed by atoms with E-state index in [9.17, 15) is 4.79 Å². The van der Waals surface area contributed by atoms with Crippen LogP contribution < -0.4 is 0 Å². The molecular formula is C10H17N3O2S. The lowest BCUT2D eigenvalue weighted by Gasteiger charge is -2.12. The summed E-state index contributed by atoms with van der Waals surface area (Å²) in [5, 5.41) is 8.50. The Kier molecular flexibility index (Phi) is 4.79. The molecule has 5 nitrogen and oxygen atoms in total. The van der Waals surface area contributed by atoms with Crippen molar-refractivity contribution in [2.24, 2.45) is 7.05 Å². The zero-order chi connectivity index (χ0) is 12.1. The SMILES string of the molecule is CCOC(=O)C(CC)Sc1nnc(C)n1C. The Morgan fingerprint density at radius 2 is 2.19 bits per heavy atom. The van der Waals surface area contributed by atoms with E-state index in [2.05, 4.69) is 10.2 Å². The first-order valence-electron chi connectivity index (χ1n) is 5.29. The Balaban J connectivity index is 2.70. The topological polar surface area (TPSA) is 57.0 Å². The minimum absolute atomic E-state index is 0.185. The summed E-state index contributed by atoms with van der Waals surface area (Å²) in [6.07, 6.45) is 0.718. The Morgan fingerprint density at radius 3 is 2.62 bits per heavy atom. The van der Waals surface area contributed by atoms with E-state index in [0.717, 1.165) is 17.4 Å². The van der Waals surface area contributed by atoms with Crippen molar-refractivity contribution in [3.63, 3.8) is 0 Å². The van der Waals surface area contributed by atoms with Crippen LogP contribution in [0.25, 0.3) is 0 Å². The second-order valence-corrected chi connectivity index (χ2v) is 4.53. The number of hydrogen-bond donors (Lipinski definition) is 0. The van der Waals surface area contributed by atoms with Gasteiger partial charge in [0.05, 0.1) is 6.61 Å². The zero-order valence-electron chi connectivity index (χ0n) is 10.1. The van der Waals surface area contributed by atoms with Gasteiger partial charge in [-0.25, -0.2) is 0 Å². The molecule has 0 aliphatic heterocycles. The van der Waals surface area contributed by atoms with E-state index in [-0.39, 0.29) is 11.2 Å². The van der Waals surface area contributed by atoms with Gasteiger partial charge in [-0.1, -0.05) is 18.7 Å². The van der Waals surface area contributed by atoms with Gasteiger partial charge in [0.1, 0.15) is 11.1 Å². The molecule has 0 amide bonds. The smallest absolute Gasteiger partial charge is 0.319 e. The highest BCUT2D eigenvalue weighted by molar-refractivity contribution is 8.00. The van der Waals surface area contributed by atoms with E-state index in [4.69, 9.17) is 4.74 Å². The van der Waals surface area contributed by atoms with E-state index < -0.39 is 0 Å². The monoisotopic (exact) mass is 243 g/mol. The van der Waals surface area contributed by atoms with Crippen molar-refractivity contribution in [2.45, 2.75) is 37.6 Å². The van der Waals surface area contributed by atoms with E-state index in [0.29, 0.717) is 6.61 Å². The number of rotatable bonds is 5. The fraction of sp³-hybridized carbons (Fsp3) is 0.700. The van der Waals surface area contributed by atoms with Gasteiger partial charge >= 0.3 is 5.97 Å². The molecule has 0 fully saturated rings. The van der Waals surface area contributed by atoms with Crippen molar-refractivity contribution in [1.82, 2.24) is 14.8 Å². The lowest BCUT2D eigenvalue weighted by molar-refractivity contribution is -0.142. The van der Waals surface area contributed by atoms with Gasteiger partial charge in [0.15, 0.2) is 5.16 Å². The molecule has 0 aliphatic rings. The van der Waals surface area contributed by atoms with Gasteiger partial charge in [-0.05, 0) is 20.3 Å². The van der Waals surface area contributed by atoms with Crippen LogP contribution in [0.1, 0.15) is 26.1 Å². The normalized spacial score (nSPS) is 12.5. The molecule has 90 valence electrons. The van der Waals surface area contributed by atoms with Crippen molar-refractivity contribution in [3.05, 3.63) is 5.82 Å². The molecule has 0 saturated heterocycles. The molecule has 0 saturated carbocycles. The number of esters is 1. The van der Waals surface area contributed by atoms with Gasteiger partial charge in [-0.2, -0.15) is 0 Å². The largest absolute Gasteiger partial charge is 0.465 e. The first-order chi connectivity index (χ1) is 7.60. The van der Waals surface area contributed by atoms with E-state index in [1.54, 1.807) is 0 Å². The highest BCUT2D eigenvalue weighted by atomic mass is 32.2. The highest BCUT2D eigenvalue weighted by Gasteiger charge is 2.21. The Hall–Kier alpha value is -1.04. The Morgan fingerprint density at radius 1 is 1.50 bits per heavy atom. The van der Waals surface area contributed by atoms with E-state index >= 15 is 0 Å². The molecule has 1 rings (SSSR count). The molecule has 6 heteroatoms. The molecule has 1 atom stereocenters. The molecule has 0 radical (unpaired) electrons. The van der Waals surface area contributed by atoms with Gasteiger partial charge < -0.3 is 9.30 Å². The predicted molar refractivity (Wildman–Crippen MR) is 62.3 cm³/mol. The number of thioether (sulfide) groups is 1. The predicted octanol–water partition coefficient (Wildman–Crippen LogP) is 1.56. The number of carbonyl (C=O) groups excluding carboxylic acids is 1. The van der Waals surface area contributed by atoms with Gasteiger partial charge in [0.2, 0.25) is 0 Å². The average molecular weight is 243 g/mol. The second-order valence-electron chi connectivity index (χ2n) is 3.36. The second kappa shape index (κ2) is 5.89. The van der Waals surface area contributed by atoms with Crippen LogP contribution in [0, 0.1) is 6.92 Å². The summed E-state index contributed by atoms with van der Waals surface area (Å²) in [6, 6.07) is 0. The van der Waals surface area contributed by atoms with E-state index in [1.165, 1.54) is 11.8 Å². The minimum atomic E-state index is -0.206. The fourth-order valence-corrected chi connectivity index (χ4v) is 2.11. The Bertz CT molecular complexity index is 365. The number of ether oxygens (including phenoxy) is 1. The quantitative estimate of drug-likeness (QED) is 0.580. The molecule has 0 aromatic carbocycles. The summed E-state index contributed by atoms with van der Waals surface area (Å²) in [5.41, 5.74) is 0. The van der Waals surface area contributed by atoms with Gasteiger partial charge in [0.25, 0.3) is 0 Å². The summed E-state index contributed by atoms with van der Waals surface area (Å²) in [7, 11) is 1.88. The van der Waals surface area contributed by atoms with Crippen LogP contribution in [0.5, 0.6) is 0 Å². The number of carbonyl (C=O) groups is 1.